The van der Waals surface area contributed by atoms with Crippen LogP contribution in [0.4, 0.5) is 0 Å². The number of aliphatic hydroxyl groups is 1. The van der Waals surface area contributed by atoms with E-state index in [9.17, 15) is 5.11 Å². The lowest BCUT2D eigenvalue weighted by Crippen LogP contribution is -2.27. The summed E-state index contributed by atoms with van der Waals surface area (Å²) in [7, 11) is 0. The van der Waals surface area contributed by atoms with E-state index in [1.165, 1.54) is 23.1 Å². The molecule has 5 rings (SSSR count). The Morgan fingerprint density at radius 3 is 2.35 bits per heavy atom. The van der Waals surface area contributed by atoms with Crippen molar-refractivity contribution in [3.63, 3.8) is 0 Å². The Kier molecular flexibility index (Phi) is 2.47. The van der Waals surface area contributed by atoms with Gasteiger partial charge in [-0.3, -0.25) is 0 Å². The van der Waals surface area contributed by atoms with Crippen molar-refractivity contribution >= 4 is 0 Å². The SMILES string of the molecule is Cc1ccc2c(c1)C(O)(c1ccc3c(c1)CC3)c1ccccc1-2. The number of hydrogen-bond donors (Lipinski definition) is 1. The summed E-state index contributed by atoms with van der Waals surface area (Å²) < 4.78 is 0. The molecule has 2 aliphatic rings. The molecule has 0 amide bonds. The molecule has 1 N–H and O–H groups in total. The minimum Gasteiger partial charge on any atom is -0.376 e. The Hall–Kier alpha value is -2.38. The zero-order valence-corrected chi connectivity index (χ0v) is 13.1. The van der Waals surface area contributed by atoms with Crippen LogP contribution in [0.3, 0.4) is 0 Å². The Morgan fingerprint density at radius 1 is 0.783 bits per heavy atom. The lowest BCUT2D eigenvalue weighted by atomic mass is 9.79. The molecule has 0 saturated carbocycles. The normalized spacial score (nSPS) is 20.4. The van der Waals surface area contributed by atoms with Crippen molar-refractivity contribution in [3.8, 4) is 11.1 Å². The van der Waals surface area contributed by atoms with E-state index in [1.807, 2.05) is 12.1 Å². The van der Waals surface area contributed by atoms with Crippen molar-refractivity contribution in [1.29, 1.82) is 0 Å². The van der Waals surface area contributed by atoms with Gasteiger partial charge in [-0.1, -0.05) is 66.2 Å². The van der Waals surface area contributed by atoms with Crippen molar-refractivity contribution in [2.75, 3.05) is 0 Å². The van der Waals surface area contributed by atoms with Gasteiger partial charge in [0.05, 0.1) is 0 Å². The highest BCUT2D eigenvalue weighted by Crippen LogP contribution is 2.51. The molecule has 0 bridgehead atoms. The average Bonchev–Trinajstić information content (AvgIpc) is 2.79. The summed E-state index contributed by atoms with van der Waals surface area (Å²) in [6.45, 7) is 2.08. The van der Waals surface area contributed by atoms with Crippen LogP contribution in [0.5, 0.6) is 0 Å². The number of rotatable bonds is 1. The van der Waals surface area contributed by atoms with Crippen LogP contribution in [0.25, 0.3) is 11.1 Å². The number of hydrogen-bond acceptors (Lipinski definition) is 1. The molecule has 23 heavy (non-hydrogen) atoms. The minimum absolute atomic E-state index is 0.993. The fourth-order valence-corrected chi connectivity index (χ4v) is 4.10. The van der Waals surface area contributed by atoms with Crippen LogP contribution in [-0.4, -0.2) is 5.11 Å². The van der Waals surface area contributed by atoms with E-state index in [-0.39, 0.29) is 0 Å². The van der Waals surface area contributed by atoms with Gasteiger partial charge in [0.15, 0.2) is 0 Å². The lowest BCUT2D eigenvalue weighted by Gasteiger charge is -2.29. The van der Waals surface area contributed by atoms with E-state index in [0.717, 1.165) is 34.2 Å². The highest BCUT2D eigenvalue weighted by Gasteiger charge is 2.43. The maximum absolute atomic E-state index is 11.8. The molecule has 3 aromatic rings. The van der Waals surface area contributed by atoms with Gasteiger partial charge in [0.2, 0.25) is 0 Å². The van der Waals surface area contributed by atoms with Crippen LogP contribution in [0.1, 0.15) is 33.4 Å². The number of fused-ring (bicyclic) bond motifs is 4. The molecule has 0 saturated heterocycles. The second kappa shape index (κ2) is 4.33. The molecule has 1 atom stereocenters. The minimum atomic E-state index is -1.04. The Balaban J connectivity index is 1.84. The predicted octanol–water partition coefficient (Wildman–Crippen LogP) is 4.36. The van der Waals surface area contributed by atoms with Gasteiger partial charge in [0.1, 0.15) is 5.60 Å². The second-order valence-corrected chi connectivity index (χ2v) is 6.79. The molecule has 0 fully saturated rings. The van der Waals surface area contributed by atoms with Gasteiger partial charge in [0.25, 0.3) is 0 Å². The number of benzene rings is 3. The predicted molar refractivity (Wildman–Crippen MR) is 92.6 cm³/mol. The molecular weight excluding hydrogens is 280 g/mol. The van der Waals surface area contributed by atoms with E-state index in [4.69, 9.17) is 0 Å². The van der Waals surface area contributed by atoms with Gasteiger partial charge >= 0.3 is 0 Å². The van der Waals surface area contributed by atoms with E-state index in [0.29, 0.717) is 0 Å². The van der Waals surface area contributed by atoms with Gasteiger partial charge < -0.3 is 5.11 Å². The highest BCUT2D eigenvalue weighted by atomic mass is 16.3. The summed E-state index contributed by atoms with van der Waals surface area (Å²) in [5.74, 6) is 0. The smallest absolute Gasteiger partial charge is 0.141 e. The molecule has 112 valence electrons. The van der Waals surface area contributed by atoms with Crippen LogP contribution < -0.4 is 0 Å². The van der Waals surface area contributed by atoms with Crippen molar-refractivity contribution in [3.05, 3.63) is 94.0 Å². The fraction of sp³-hybridized carbons (Fsp3) is 0.182. The topological polar surface area (TPSA) is 20.2 Å². The quantitative estimate of drug-likeness (QED) is 0.708. The third kappa shape index (κ3) is 1.60. The van der Waals surface area contributed by atoms with Gasteiger partial charge in [-0.05, 0) is 47.6 Å². The van der Waals surface area contributed by atoms with Crippen LogP contribution in [0.15, 0.2) is 60.7 Å². The van der Waals surface area contributed by atoms with Gasteiger partial charge in [-0.2, -0.15) is 0 Å². The first kappa shape index (κ1) is 13.1. The van der Waals surface area contributed by atoms with Crippen molar-refractivity contribution in [2.24, 2.45) is 0 Å². The Labute approximate surface area is 136 Å². The molecule has 1 heteroatoms. The second-order valence-electron chi connectivity index (χ2n) is 6.79. The van der Waals surface area contributed by atoms with Gasteiger partial charge in [-0.25, -0.2) is 0 Å². The summed E-state index contributed by atoms with van der Waals surface area (Å²) in [4.78, 5) is 0. The summed E-state index contributed by atoms with van der Waals surface area (Å²) >= 11 is 0. The van der Waals surface area contributed by atoms with E-state index >= 15 is 0 Å². The molecule has 0 spiro atoms. The molecule has 2 aliphatic carbocycles. The molecular formula is C22H18O. The fourth-order valence-electron chi connectivity index (χ4n) is 4.10. The van der Waals surface area contributed by atoms with E-state index in [1.54, 1.807) is 0 Å². The first-order valence-electron chi connectivity index (χ1n) is 8.23. The standard InChI is InChI=1S/C22H18O/c1-14-6-11-19-18-4-2-3-5-20(18)22(23,21(19)12-14)17-10-9-15-7-8-16(15)13-17/h2-6,9-13,23H,7-8H2,1H3. The average molecular weight is 298 g/mol. The van der Waals surface area contributed by atoms with Crippen LogP contribution in [0.2, 0.25) is 0 Å². The Morgan fingerprint density at radius 2 is 1.57 bits per heavy atom. The maximum Gasteiger partial charge on any atom is 0.141 e. The molecule has 0 aromatic heterocycles. The maximum atomic E-state index is 11.8. The van der Waals surface area contributed by atoms with E-state index < -0.39 is 5.60 Å². The van der Waals surface area contributed by atoms with Crippen LogP contribution in [0, 0.1) is 6.92 Å². The monoisotopic (exact) mass is 298 g/mol. The van der Waals surface area contributed by atoms with Crippen molar-refractivity contribution < 1.29 is 5.11 Å². The zero-order valence-electron chi connectivity index (χ0n) is 13.1. The lowest BCUT2D eigenvalue weighted by molar-refractivity contribution is 0.130. The Bertz CT molecular complexity index is 954. The van der Waals surface area contributed by atoms with Gasteiger partial charge in [0, 0.05) is 11.1 Å². The van der Waals surface area contributed by atoms with Crippen molar-refractivity contribution in [2.45, 2.75) is 25.4 Å². The van der Waals surface area contributed by atoms with Crippen LogP contribution in [-0.2, 0) is 18.4 Å². The molecule has 3 aromatic carbocycles. The highest BCUT2D eigenvalue weighted by molar-refractivity contribution is 5.82. The molecule has 0 radical (unpaired) electrons. The summed E-state index contributed by atoms with van der Waals surface area (Å²) in [5.41, 5.74) is 8.25. The molecule has 1 nitrogen and oxygen atoms in total. The third-order valence-corrected chi connectivity index (χ3v) is 5.46. The molecule has 1 unspecified atom stereocenters. The largest absolute Gasteiger partial charge is 0.376 e. The zero-order chi connectivity index (χ0) is 15.6. The van der Waals surface area contributed by atoms with Crippen LogP contribution >= 0.6 is 0 Å². The summed E-state index contributed by atoms with van der Waals surface area (Å²) in [5, 5.41) is 11.8. The molecule has 0 heterocycles. The first-order chi connectivity index (χ1) is 11.2. The number of aryl methyl sites for hydroxylation is 3. The van der Waals surface area contributed by atoms with E-state index in [2.05, 4.69) is 55.5 Å². The molecule has 0 aliphatic heterocycles. The summed E-state index contributed by atoms with van der Waals surface area (Å²) in [6.07, 6.45) is 2.29. The van der Waals surface area contributed by atoms with Crippen molar-refractivity contribution in [1.82, 2.24) is 0 Å². The van der Waals surface area contributed by atoms with Gasteiger partial charge in [-0.15, -0.1) is 0 Å². The first-order valence-corrected chi connectivity index (χ1v) is 8.23. The summed E-state index contributed by atoms with van der Waals surface area (Å²) in [6, 6.07) is 21.1. The third-order valence-electron chi connectivity index (χ3n) is 5.46.